The van der Waals surface area contributed by atoms with Gasteiger partial charge in [-0.15, -0.1) is 0 Å². The van der Waals surface area contributed by atoms with Crippen LogP contribution >= 0.6 is 11.6 Å². The molecule has 3 aromatic heterocycles. The van der Waals surface area contributed by atoms with Gasteiger partial charge in [-0.2, -0.15) is 13.2 Å². The zero-order valence-electron chi connectivity index (χ0n) is 22.4. The van der Waals surface area contributed by atoms with Crippen molar-refractivity contribution in [3.05, 3.63) is 63.5 Å². The smallest absolute Gasteiger partial charge is 0.451 e. The average molecular weight is 574 g/mol. The van der Waals surface area contributed by atoms with Crippen LogP contribution in [0, 0.1) is 20.8 Å². The van der Waals surface area contributed by atoms with E-state index >= 15 is 0 Å². The molecular formula is C27H27ClF3N7O2. The van der Waals surface area contributed by atoms with Crippen LogP contribution in [-0.4, -0.2) is 45.3 Å². The highest BCUT2D eigenvalue weighted by molar-refractivity contribution is 6.33. The molecular weight excluding hydrogens is 547 g/mol. The predicted octanol–water partition coefficient (Wildman–Crippen LogP) is 5.69. The minimum absolute atomic E-state index is 0.127. The molecule has 0 saturated carbocycles. The number of anilines is 1. The van der Waals surface area contributed by atoms with Crippen LogP contribution in [0.5, 0.6) is 5.75 Å². The van der Waals surface area contributed by atoms with Crippen molar-refractivity contribution in [2.45, 2.75) is 46.5 Å². The molecule has 0 amide bonds. The van der Waals surface area contributed by atoms with Gasteiger partial charge in [0.15, 0.2) is 5.82 Å². The first-order valence-corrected chi connectivity index (χ1v) is 13.0. The van der Waals surface area contributed by atoms with Crippen molar-refractivity contribution < 1.29 is 22.4 Å². The zero-order chi connectivity index (χ0) is 28.6. The van der Waals surface area contributed by atoms with Crippen molar-refractivity contribution in [3.63, 3.8) is 0 Å². The number of aromatic nitrogens is 5. The molecule has 0 radical (unpaired) electrons. The van der Waals surface area contributed by atoms with Crippen LogP contribution in [0.3, 0.4) is 0 Å². The summed E-state index contributed by atoms with van der Waals surface area (Å²) in [5.74, 6) is 0.892. The fourth-order valence-electron chi connectivity index (χ4n) is 4.64. The maximum absolute atomic E-state index is 13.3. The molecule has 210 valence electrons. The van der Waals surface area contributed by atoms with E-state index < -0.39 is 12.0 Å². The van der Waals surface area contributed by atoms with Gasteiger partial charge in [-0.3, -0.25) is 0 Å². The highest BCUT2D eigenvalue weighted by atomic mass is 35.5. The number of fused-ring (bicyclic) bond motifs is 1. The molecule has 1 aromatic carbocycles. The summed E-state index contributed by atoms with van der Waals surface area (Å²) in [6, 6.07) is 5.29. The fraction of sp³-hybridized carbons (Fsp3) is 0.370. The van der Waals surface area contributed by atoms with Crippen molar-refractivity contribution in [2.75, 3.05) is 25.1 Å². The molecule has 1 aliphatic heterocycles. The van der Waals surface area contributed by atoms with Crippen molar-refractivity contribution in [3.8, 4) is 28.4 Å². The molecule has 1 aliphatic rings. The second-order valence-corrected chi connectivity index (χ2v) is 9.92. The van der Waals surface area contributed by atoms with Crippen LogP contribution in [0.4, 0.5) is 19.0 Å². The van der Waals surface area contributed by atoms with Crippen molar-refractivity contribution in [2.24, 2.45) is 0 Å². The molecule has 0 spiro atoms. The Labute approximate surface area is 233 Å². The number of hydrogen-bond donors (Lipinski definition) is 1. The van der Waals surface area contributed by atoms with Crippen LogP contribution in [0.15, 0.2) is 28.9 Å². The van der Waals surface area contributed by atoms with E-state index in [4.69, 9.17) is 30.8 Å². The quantitative estimate of drug-likeness (QED) is 0.266. The lowest BCUT2D eigenvalue weighted by Crippen LogP contribution is -2.19. The van der Waals surface area contributed by atoms with E-state index in [1.54, 1.807) is 25.1 Å². The lowest BCUT2D eigenvalue weighted by atomic mass is 10.0. The summed E-state index contributed by atoms with van der Waals surface area (Å²) < 4.78 is 51.1. The van der Waals surface area contributed by atoms with Crippen LogP contribution in [0.1, 0.15) is 40.5 Å². The number of alkyl halides is 3. The summed E-state index contributed by atoms with van der Waals surface area (Å²) in [4.78, 5) is 18.9. The first kappa shape index (κ1) is 27.8. The second kappa shape index (κ2) is 11.0. The maximum atomic E-state index is 13.3. The van der Waals surface area contributed by atoms with Gasteiger partial charge in [0.25, 0.3) is 0 Å². The monoisotopic (exact) mass is 573 g/mol. The third kappa shape index (κ3) is 5.46. The Balaban J connectivity index is 1.59. The van der Waals surface area contributed by atoms with E-state index in [9.17, 15) is 13.2 Å². The minimum Gasteiger partial charge on any atom is -0.494 e. The number of hydrogen-bond acceptors (Lipinski definition) is 9. The van der Waals surface area contributed by atoms with E-state index in [-0.39, 0.29) is 13.1 Å². The number of benzene rings is 1. The first-order valence-electron chi connectivity index (χ1n) is 12.6. The van der Waals surface area contributed by atoms with E-state index in [1.165, 1.54) is 6.20 Å². The molecule has 4 heterocycles. The summed E-state index contributed by atoms with van der Waals surface area (Å²) in [5, 5.41) is 7.59. The Kier molecular flexibility index (Phi) is 7.65. The molecule has 0 unspecified atom stereocenters. The Bertz CT molecular complexity index is 1540. The van der Waals surface area contributed by atoms with Crippen LogP contribution in [0.2, 0.25) is 5.02 Å². The van der Waals surface area contributed by atoms with E-state index in [0.29, 0.717) is 74.1 Å². The summed E-state index contributed by atoms with van der Waals surface area (Å²) in [5.41, 5.74) is 4.12. The molecule has 0 saturated heterocycles. The Morgan fingerprint density at radius 3 is 2.62 bits per heavy atom. The van der Waals surface area contributed by atoms with E-state index in [1.807, 2.05) is 25.8 Å². The average Bonchev–Trinajstić information content (AvgIpc) is 3.49. The van der Waals surface area contributed by atoms with Gasteiger partial charge in [0, 0.05) is 29.4 Å². The van der Waals surface area contributed by atoms with Gasteiger partial charge in [0.2, 0.25) is 5.82 Å². The van der Waals surface area contributed by atoms with Gasteiger partial charge in [-0.25, -0.2) is 19.9 Å². The van der Waals surface area contributed by atoms with E-state index in [0.717, 1.165) is 13.0 Å². The summed E-state index contributed by atoms with van der Waals surface area (Å²) in [7, 11) is 1.88. The van der Waals surface area contributed by atoms with Gasteiger partial charge >= 0.3 is 6.18 Å². The van der Waals surface area contributed by atoms with Crippen LogP contribution < -0.4 is 15.0 Å². The normalized spacial score (nSPS) is 13.2. The second-order valence-electron chi connectivity index (χ2n) is 9.51. The van der Waals surface area contributed by atoms with E-state index in [2.05, 4.69) is 20.4 Å². The third-order valence-electron chi connectivity index (χ3n) is 6.62. The molecule has 4 aromatic rings. The Morgan fingerprint density at radius 1 is 1.12 bits per heavy atom. The Hall–Kier alpha value is -3.77. The molecule has 13 heteroatoms. The molecule has 0 atom stereocenters. The number of ether oxygens (including phenoxy) is 1. The van der Waals surface area contributed by atoms with Gasteiger partial charge in [-0.05, 0) is 59.0 Å². The number of halogens is 4. The number of rotatable bonds is 8. The van der Waals surface area contributed by atoms with Gasteiger partial charge in [-0.1, -0.05) is 16.8 Å². The minimum atomic E-state index is -4.63. The topological polar surface area (TPSA) is 102 Å². The number of nitrogens with one attached hydrogen (secondary N) is 1. The fourth-order valence-corrected chi connectivity index (χ4v) is 4.84. The number of nitrogens with zero attached hydrogens (tertiary/aromatic N) is 6. The predicted molar refractivity (Wildman–Crippen MR) is 143 cm³/mol. The largest absolute Gasteiger partial charge is 0.494 e. The lowest BCUT2D eigenvalue weighted by molar-refractivity contribution is -0.145. The standard InChI is InChI=1S/C27H27ClF3N7O2/c1-14-23(22-15(2)37-40-16(22)3)35-24(19-10-18(6-7-20(19)28)39-9-5-8-32-4)36-25(14)38-12-17-11-33-26(27(29,30)31)34-21(17)13-38/h6-7,10-11,32H,5,8-9,12-13H2,1-4H3. The Morgan fingerprint density at radius 2 is 1.93 bits per heavy atom. The first-order chi connectivity index (χ1) is 19.1. The van der Waals surface area contributed by atoms with Crippen LogP contribution in [-0.2, 0) is 19.3 Å². The molecule has 0 bridgehead atoms. The molecule has 0 fully saturated rings. The van der Waals surface area contributed by atoms with Crippen LogP contribution in [0.25, 0.3) is 22.6 Å². The molecule has 5 rings (SSSR count). The summed E-state index contributed by atoms with van der Waals surface area (Å²) in [6.45, 7) is 7.22. The SMILES string of the molecule is CNCCCOc1ccc(Cl)c(-c2nc(-c3c(C)noc3C)c(C)c(N3Cc4cnc(C(F)(F)F)nc4C3)n2)c1. The molecule has 0 aliphatic carbocycles. The molecule has 1 N–H and O–H groups in total. The zero-order valence-corrected chi connectivity index (χ0v) is 23.1. The lowest BCUT2D eigenvalue weighted by Gasteiger charge is -2.21. The van der Waals surface area contributed by atoms with Crippen molar-refractivity contribution >= 4 is 17.4 Å². The van der Waals surface area contributed by atoms with Gasteiger partial charge in [0.1, 0.15) is 17.3 Å². The van der Waals surface area contributed by atoms with Crippen molar-refractivity contribution in [1.29, 1.82) is 0 Å². The third-order valence-corrected chi connectivity index (χ3v) is 6.95. The number of aryl methyl sites for hydroxylation is 2. The maximum Gasteiger partial charge on any atom is 0.451 e. The summed E-state index contributed by atoms with van der Waals surface area (Å²) >= 11 is 6.62. The highest BCUT2D eigenvalue weighted by Gasteiger charge is 2.37. The highest BCUT2D eigenvalue weighted by Crippen LogP contribution is 2.39. The van der Waals surface area contributed by atoms with Gasteiger partial charge in [0.05, 0.1) is 40.8 Å². The van der Waals surface area contributed by atoms with Crippen molar-refractivity contribution in [1.82, 2.24) is 30.4 Å². The molecule has 40 heavy (non-hydrogen) atoms. The summed E-state index contributed by atoms with van der Waals surface area (Å²) in [6.07, 6.45) is -2.58. The van der Waals surface area contributed by atoms with Gasteiger partial charge < -0.3 is 19.5 Å². The molecule has 9 nitrogen and oxygen atoms in total.